The SMILES string of the molecule is Nc1c(NCc2cccc(CNC(=O)c3cc(C(=O)O)n4[nH]c(=O)nc4n3)c2)c(=O)c1=O. The van der Waals surface area contributed by atoms with Gasteiger partial charge < -0.3 is 21.5 Å². The summed E-state index contributed by atoms with van der Waals surface area (Å²) in [5.41, 5.74) is 4.20. The van der Waals surface area contributed by atoms with Gasteiger partial charge in [0, 0.05) is 19.2 Å². The topological polar surface area (TPSA) is 202 Å². The Bertz CT molecular complexity index is 1510. The zero-order valence-corrected chi connectivity index (χ0v) is 16.2. The second kappa shape index (κ2) is 7.79. The summed E-state index contributed by atoms with van der Waals surface area (Å²) in [6, 6.07) is 8.07. The van der Waals surface area contributed by atoms with Gasteiger partial charge in [0.2, 0.25) is 0 Å². The largest absolute Gasteiger partial charge is 0.477 e. The minimum Gasteiger partial charge on any atom is -0.477 e. The minimum absolute atomic E-state index is 0.0851. The van der Waals surface area contributed by atoms with Crippen LogP contribution in [-0.4, -0.2) is 36.6 Å². The smallest absolute Gasteiger partial charge is 0.363 e. The van der Waals surface area contributed by atoms with Gasteiger partial charge in [0.25, 0.3) is 22.5 Å². The Labute approximate surface area is 177 Å². The molecule has 2 aromatic heterocycles. The first-order valence-electron chi connectivity index (χ1n) is 9.16. The van der Waals surface area contributed by atoms with E-state index in [9.17, 15) is 29.1 Å². The molecule has 0 radical (unpaired) electrons. The van der Waals surface area contributed by atoms with Crippen LogP contribution in [0.25, 0.3) is 5.78 Å². The Hall–Kier alpha value is -4.81. The van der Waals surface area contributed by atoms with Gasteiger partial charge in [-0.15, -0.1) is 0 Å². The van der Waals surface area contributed by atoms with E-state index in [0.29, 0.717) is 5.56 Å². The van der Waals surface area contributed by atoms with Crippen molar-refractivity contribution >= 4 is 29.0 Å². The summed E-state index contributed by atoms with van der Waals surface area (Å²) >= 11 is 0. The maximum absolute atomic E-state index is 12.5. The molecule has 1 amide bonds. The quantitative estimate of drug-likeness (QED) is 0.219. The monoisotopic (exact) mass is 437 g/mol. The van der Waals surface area contributed by atoms with Gasteiger partial charge in [-0.25, -0.2) is 24.2 Å². The minimum atomic E-state index is -1.37. The van der Waals surface area contributed by atoms with E-state index in [2.05, 4.69) is 25.7 Å². The summed E-state index contributed by atoms with van der Waals surface area (Å²) in [5.74, 6) is -2.28. The van der Waals surface area contributed by atoms with E-state index >= 15 is 0 Å². The van der Waals surface area contributed by atoms with E-state index in [-0.39, 0.29) is 41.6 Å². The molecule has 13 heteroatoms. The summed E-state index contributed by atoms with van der Waals surface area (Å²) in [5, 5.41) is 16.9. The van der Waals surface area contributed by atoms with Crippen LogP contribution < -0.4 is 32.9 Å². The molecule has 162 valence electrons. The molecule has 0 bridgehead atoms. The first kappa shape index (κ1) is 20.5. The molecule has 4 aromatic rings. The van der Waals surface area contributed by atoms with E-state index in [1.54, 1.807) is 24.3 Å². The molecule has 0 saturated carbocycles. The fourth-order valence-electron chi connectivity index (χ4n) is 3.06. The molecule has 32 heavy (non-hydrogen) atoms. The highest BCUT2D eigenvalue weighted by molar-refractivity contribution is 5.95. The number of hydrogen-bond donors (Lipinski definition) is 5. The number of fused-ring (bicyclic) bond motifs is 1. The Morgan fingerprint density at radius 3 is 2.47 bits per heavy atom. The van der Waals surface area contributed by atoms with Crippen LogP contribution >= 0.6 is 0 Å². The van der Waals surface area contributed by atoms with Gasteiger partial charge in [-0.05, 0) is 11.1 Å². The molecule has 2 heterocycles. The lowest BCUT2D eigenvalue weighted by Crippen LogP contribution is -2.36. The standard InChI is InChI=1S/C19H15N7O6/c20-12-13(15(28)14(12)27)21-6-8-2-1-3-9(4-8)7-22-16(29)10-5-11(17(30)31)26-18(23-10)24-19(32)25-26/h1-5,21H,6-7,20H2,(H,22,29)(H,25,32)(H,30,31). The first-order chi connectivity index (χ1) is 15.2. The molecule has 0 spiro atoms. The third kappa shape index (κ3) is 3.69. The number of carboxylic acids is 1. The van der Waals surface area contributed by atoms with Gasteiger partial charge in [-0.3, -0.25) is 14.4 Å². The number of carbonyl (C=O) groups is 2. The van der Waals surface area contributed by atoms with Crippen LogP contribution in [0.3, 0.4) is 0 Å². The van der Waals surface area contributed by atoms with Gasteiger partial charge in [0.1, 0.15) is 17.1 Å². The number of carboxylic acid groups (broad SMARTS) is 1. The number of rotatable bonds is 7. The van der Waals surface area contributed by atoms with Crippen LogP contribution in [0, 0.1) is 0 Å². The van der Waals surface area contributed by atoms with Gasteiger partial charge in [0.15, 0.2) is 5.69 Å². The fourth-order valence-corrected chi connectivity index (χ4v) is 3.06. The number of aromatic amines is 1. The van der Waals surface area contributed by atoms with Crippen molar-refractivity contribution in [1.29, 1.82) is 0 Å². The van der Waals surface area contributed by atoms with Gasteiger partial charge in [-0.1, -0.05) is 24.3 Å². The third-order valence-electron chi connectivity index (χ3n) is 4.66. The molecule has 4 rings (SSSR count). The molecule has 0 saturated heterocycles. The summed E-state index contributed by atoms with van der Waals surface area (Å²) < 4.78 is 0.876. The number of nitrogens with two attached hydrogens (primary N) is 1. The predicted octanol–water partition coefficient (Wildman–Crippen LogP) is -1.16. The zero-order valence-electron chi connectivity index (χ0n) is 16.2. The van der Waals surface area contributed by atoms with E-state index in [1.165, 1.54) is 0 Å². The van der Waals surface area contributed by atoms with Crippen LogP contribution in [0.15, 0.2) is 44.7 Å². The number of aromatic carboxylic acids is 1. The van der Waals surface area contributed by atoms with E-state index in [0.717, 1.165) is 16.1 Å². The molecule has 2 aromatic carbocycles. The Kier molecular flexibility index (Phi) is 4.98. The van der Waals surface area contributed by atoms with Crippen LogP contribution in [0.2, 0.25) is 0 Å². The highest BCUT2D eigenvalue weighted by Gasteiger charge is 2.19. The Balaban J connectivity index is 1.46. The molecule has 0 atom stereocenters. The van der Waals surface area contributed by atoms with Crippen molar-refractivity contribution in [3.8, 4) is 0 Å². The lowest BCUT2D eigenvalue weighted by atomic mass is 10.1. The van der Waals surface area contributed by atoms with Crippen molar-refractivity contribution in [3.63, 3.8) is 0 Å². The number of carbonyl (C=O) groups excluding carboxylic acids is 1. The van der Waals surface area contributed by atoms with Crippen LogP contribution in [0.4, 0.5) is 11.4 Å². The van der Waals surface area contributed by atoms with Crippen LogP contribution in [0.1, 0.15) is 32.1 Å². The van der Waals surface area contributed by atoms with Gasteiger partial charge in [-0.2, -0.15) is 4.98 Å². The Morgan fingerprint density at radius 2 is 1.78 bits per heavy atom. The first-order valence-corrected chi connectivity index (χ1v) is 9.16. The number of H-pyrrole nitrogens is 1. The van der Waals surface area contributed by atoms with Crippen LogP contribution in [-0.2, 0) is 13.1 Å². The van der Waals surface area contributed by atoms with Crippen molar-refractivity contribution in [3.05, 3.63) is 83.8 Å². The molecule has 0 fully saturated rings. The maximum Gasteiger partial charge on any atom is 0.363 e. The van der Waals surface area contributed by atoms with Gasteiger partial charge in [0.05, 0.1) is 0 Å². The summed E-state index contributed by atoms with van der Waals surface area (Å²) in [6.45, 7) is 0.336. The number of benzene rings is 1. The normalized spacial score (nSPS) is 11.0. The summed E-state index contributed by atoms with van der Waals surface area (Å²) in [6.07, 6.45) is 0. The second-order valence-electron chi connectivity index (χ2n) is 6.80. The number of nitrogen functional groups attached to an aromatic ring is 1. The maximum atomic E-state index is 12.5. The summed E-state index contributed by atoms with van der Waals surface area (Å²) in [7, 11) is 0. The average Bonchev–Trinajstić information content (AvgIpc) is 3.16. The molecule has 0 aliphatic heterocycles. The van der Waals surface area contributed by atoms with Crippen LogP contribution in [0.5, 0.6) is 0 Å². The number of hydrogen-bond acceptors (Lipinski definition) is 9. The van der Waals surface area contributed by atoms with Crippen molar-refractivity contribution in [1.82, 2.24) is 24.9 Å². The highest BCUT2D eigenvalue weighted by atomic mass is 16.4. The van der Waals surface area contributed by atoms with E-state index in [1.807, 2.05) is 0 Å². The number of nitrogens with one attached hydrogen (secondary N) is 3. The number of aromatic nitrogens is 4. The lowest BCUT2D eigenvalue weighted by Gasteiger charge is -2.11. The number of anilines is 2. The number of amides is 1. The molecule has 0 aliphatic carbocycles. The summed E-state index contributed by atoms with van der Waals surface area (Å²) in [4.78, 5) is 65.4. The molecule has 0 unspecified atom stereocenters. The van der Waals surface area contributed by atoms with E-state index < -0.39 is 28.4 Å². The van der Waals surface area contributed by atoms with Crippen molar-refractivity contribution in [2.24, 2.45) is 0 Å². The Morgan fingerprint density at radius 1 is 1.06 bits per heavy atom. The fraction of sp³-hybridized carbons (Fsp3) is 0.105. The predicted molar refractivity (Wildman–Crippen MR) is 111 cm³/mol. The second-order valence-corrected chi connectivity index (χ2v) is 6.80. The third-order valence-corrected chi connectivity index (χ3v) is 4.66. The highest BCUT2D eigenvalue weighted by Crippen LogP contribution is 2.13. The lowest BCUT2D eigenvalue weighted by molar-refractivity contribution is 0.0687. The average molecular weight is 437 g/mol. The number of nitrogens with zero attached hydrogens (tertiary/aromatic N) is 3. The zero-order chi connectivity index (χ0) is 23.0. The molecule has 6 N–H and O–H groups in total. The van der Waals surface area contributed by atoms with Crippen molar-refractivity contribution < 1.29 is 14.7 Å². The van der Waals surface area contributed by atoms with Crippen molar-refractivity contribution in [2.75, 3.05) is 11.1 Å². The molecule has 13 nitrogen and oxygen atoms in total. The van der Waals surface area contributed by atoms with E-state index in [4.69, 9.17) is 5.73 Å². The molecule has 0 aliphatic rings. The molecular formula is C19H15N7O6. The van der Waals surface area contributed by atoms with Gasteiger partial charge >= 0.3 is 11.7 Å². The molecular weight excluding hydrogens is 422 g/mol. The van der Waals surface area contributed by atoms with Crippen molar-refractivity contribution in [2.45, 2.75) is 13.1 Å².